The summed E-state index contributed by atoms with van der Waals surface area (Å²) in [6, 6.07) is 17.6. The second-order valence-electron chi connectivity index (χ2n) is 8.96. The summed E-state index contributed by atoms with van der Waals surface area (Å²) in [6.45, 7) is 5.24. The van der Waals surface area contributed by atoms with Gasteiger partial charge in [0.25, 0.3) is 5.91 Å². The molecule has 1 aliphatic carbocycles. The quantitative estimate of drug-likeness (QED) is 0.526. The highest BCUT2D eigenvalue weighted by atomic mass is 35.5. The van der Waals surface area contributed by atoms with Gasteiger partial charge in [-0.2, -0.15) is 0 Å². The van der Waals surface area contributed by atoms with E-state index in [1.165, 1.54) is 5.69 Å². The monoisotopic (exact) mass is 475 g/mol. The van der Waals surface area contributed by atoms with Crippen LogP contribution in [0.2, 0.25) is 5.02 Å². The van der Waals surface area contributed by atoms with Crippen LogP contribution < -0.4 is 9.80 Å². The van der Waals surface area contributed by atoms with Gasteiger partial charge in [-0.15, -0.1) is 0 Å². The molecule has 1 aromatic heterocycles. The van der Waals surface area contributed by atoms with E-state index >= 15 is 0 Å². The number of benzene rings is 2. The van der Waals surface area contributed by atoms with Crippen molar-refractivity contribution in [1.82, 2.24) is 14.9 Å². The van der Waals surface area contributed by atoms with Gasteiger partial charge in [0.1, 0.15) is 12.1 Å². The molecule has 0 N–H and O–H groups in total. The average Bonchev–Trinajstić information content (AvgIpc) is 2.90. The van der Waals surface area contributed by atoms with Crippen molar-refractivity contribution < 1.29 is 4.79 Å². The summed E-state index contributed by atoms with van der Waals surface area (Å²) in [6.07, 6.45) is 5.78. The van der Waals surface area contributed by atoms with Gasteiger partial charge in [-0.3, -0.25) is 14.6 Å². The molecule has 0 saturated carbocycles. The smallest absolute Gasteiger partial charge is 0.259 e. The number of carbonyl (C=O) groups is 1. The summed E-state index contributed by atoms with van der Waals surface area (Å²) < 4.78 is 0. The first-order valence-electron chi connectivity index (χ1n) is 12.1. The normalized spacial score (nSPS) is 16.2. The first-order valence-corrected chi connectivity index (χ1v) is 12.5. The number of aromatic nitrogens is 2. The predicted octanol–water partition coefficient (Wildman–Crippen LogP) is 4.48. The Hall–Kier alpha value is -2.96. The van der Waals surface area contributed by atoms with E-state index in [1.54, 1.807) is 6.33 Å². The van der Waals surface area contributed by atoms with E-state index in [0.717, 1.165) is 80.5 Å². The molecule has 2 heterocycles. The maximum Gasteiger partial charge on any atom is 0.259 e. The van der Waals surface area contributed by atoms with Gasteiger partial charge >= 0.3 is 0 Å². The van der Waals surface area contributed by atoms with E-state index in [9.17, 15) is 4.79 Å². The third-order valence-electron chi connectivity index (χ3n) is 6.83. The van der Waals surface area contributed by atoms with Gasteiger partial charge in [-0.1, -0.05) is 29.8 Å². The Labute approximate surface area is 206 Å². The van der Waals surface area contributed by atoms with Crippen molar-refractivity contribution in [3.63, 3.8) is 0 Å². The first kappa shape index (κ1) is 22.8. The largest absolute Gasteiger partial charge is 0.369 e. The number of halogens is 1. The van der Waals surface area contributed by atoms with E-state index in [0.29, 0.717) is 12.1 Å². The number of fused-ring (bicyclic) bond motifs is 1. The number of amides is 1. The van der Waals surface area contributed by atoms with Gasteiger partial charge in [-0.25, -0.2) is 9.97 Å². The van der Waals surface area contributed by atoms with Crippen LogP contribution in [0.5, 0.6) is 0 Å². The topological polar surface area (TPSA) is 52.6 Å². The van der Waals surface area contributed by atoms with Gasteiger partial charge in [0.15, 0.2) is 0 Å². The Balaban J connectivity index is 1.30. The van der Waals surface area contributed by atoms with Crippen LogP contribution >= 0.6 is 11.6 Å². The van der Waals surface area contributed by atoms with Crippen LogP contribution in [-0.4, -0.2) is 60.0 Å². The van der Waals surface area contributed by atoms with E-state index < -0.39 is 0 Å². The molecular formula is C27H30ClN5O. The van der Waals surface area contributed by atoms with Crippen molar-refractivity contribution in [1.29, 1.82) is 0 Å². The van der Waals surface area contributed by atoms with E-state index in [1.807, 2.05) is 47.4 Å². The summed E-state index contributed by atoms with van der Waals surface area (Å²) in [5.74, 6) is 0.797. The number of nitrogens with zero attached hydrogens (tertiary/aromatic N) is 5. The highest BCUT2D eigenvalue weighted by Crippen LogP contribution is 2.28. The molecule has 5 rings (SSSR count). The maximum absolute atomic E-state index is 13.6. The fraction of sp³-hybridized carbons (Fsp3) is 0.370. The van der Waals surface area contributed by atoms with Crippen LogP contribution in [0.1, 0.15) is 34.5 Å². The summed E-state index contributed by atoms with van der Waals surface area (Å²) >= 11 is 6.04. The van der Waals surface area contributed by atoms with Gasteiger partial charge in [0.2, 0.25) is 0 Å². The van der Waals surface area contributed by atoms with Crippen LogP contribution in [0.15, 0.2) is 60.9 Å². The number of piperazine rings is 1. The highest BCUT2D eigenvalue weighted by molar-refractivity contribution is 6.30. The van der Waals surface area contributed by atoms with Crippen molar-refractivity contribution in [2.75, 3.05) is 49.1 Å². The molecule has 6 nitrogen and oxygen atoms in total. The summed E-state index contributed by atoms with van der Waals surface area (Å²) in [5.41, 5.74) is 4.14. The van der Waals surface area contributed by atoms with E-state index in [2.05, 4.69) is 31.9 Å². The zero-order valence-electron chi connectivity index (χ0n) is 19.4. The van der Waals surface area contributed by atoms with Gasteiger partial charge in [-0.05, 0) is 62.1 Å². The standard InChI is InChI=1S/C27H30ClN5O/c28-22-10-12-23(13-11-22)32-17-14-31(15-18-32)16-19-33(27(34)21-6-2-1-3-7-21)26-24-8-4-5-9-25(24)29-20-30-26/h1-3,6-7,10-13,20H,4-5,8-9,14-19H2. The van der Waals surface area contributed by atoms with Crippen LogP contribution in [0.3, 0.4) is 0 Å². The van der Waals surface area contributed by atoms with Crippen molar-refractivity contribution in [2.45, 2.75) is 25.7 Å². The fourth-order valence-electron chi connectivity index (χ4n) is 4.90. The fourth-order valence-corrected chi connectivity index (χ4v) is 5.03. The molecule has 0 bridgehead atoms. The minimum atomic E-state index is 0.00636. The Kier molecular flexibility index (Phi) is 7.07. The zero-order valence-corrected chi connectivity index (χ0v) is 20.1. The first-order chi connectivity index (χ1) is 16.7. The van der Waals surface area contributed by atoms with E-state index in [4.69, 9.17) is 11.6 Å². The number of aryl methyl sites for hydroxylation is 1. The molecule has 34 heavy (non-hydrogen) atoms. The lowest BCUT2D eigenvalue weighted by molar-refractivity contribution is 0.0982. The maximum atomic E-state index is 13.6. The highest BCUT2D eigenvalue weighted by Gasteiger charge is 2.26. The van der Waals surface area contributed by atoms with Crippen LogP contribution in [0.25, 0.3) is 0 Å². The lowest BCUT2D eigenvalue weighted by Crippen LogP contribution is -2.49. The third kappa shape index (κ3) is 5.08. The second-order valence-corrected chi connectivity index (χ2v) is 9.39. The minimum Gasteiger partial charge on any atom is -0.369 e. The molecule has 0 spiro atoms. The molecule has 1 aliphatic heterocycles. The van der Waals surface area contributed by atoms with Crippen molar-refractivity contribution in [3.8, 4) is 0 Å². The van der Waals surface area contributed by atoms with Crippen molar-refractivity contribution >= 4 is 29.0 Å². The van der Waals surface area contributed by atoms with Crippen LogP contribution in [-0.2, 0) is 12.8 Å². The molecule has 1 saturated heterocycles. The zero-order chi connectivity index (χ0) is 23.3. The minimum absolute atomic E-state index is 0.00636. The molecule has 1 amide bonds. The molecule has 0 radical (unpaired) electrons. The summed E-state index contributed by atoms with van der Waals surface area (Å²) in [5, 5.41) is 0.762. The second kappa shape index (κ2) is 10.5. The lowest BCUT2D eigenvalue weighted by Gasteiger charge is -2.37. The van der Waals surface area contributed by atoms with Crippen molar-refractivity contribution in [3.05, 3.63) is 82.8 Å². The van der Waals surface area contributed by atoms with Gasteiger partial charge in [0.05, 0.1) is 0 Å². The van der Waals surface area contributed by atoms with E-state index in [-0.39, 0.29) is 5.91 Å². The molecule has 7 heteroatoms. The average molecular weight is 476 g/mol. The van der Waals surface area contributed by atoms with Crippen LogP contribution in [0, 0.1) is 0 Å². The molecule has 2 aliphatic rings. The Bertz CT molecular complexity index is 1110. The Morgan fingerprint density at radius 2 is 1.65 bits per heavy atom. The van der Waals surface area contributed by atoms with Gasteiger partial charge < -0.3 is 4.90 Å². The molecule has 0 unspecified atom stereocenters. The SMILES string of the molecule is O=C(c1ccccc1)N(CCN1CCN(c2ccc(Cl)cc2)CC1)c1ncnc2c1CCCC2. The molecule has 1 fully saturated rings. The number of hydrogen-bond acceptors (Lipinski definition) is 5. The number of hydrogen-bond donors (Lipinski definition) is 0. The lowest BCUT2D eigenvalue weighted by atomic mass is 9.96. The Morgan fingerprint density at radius 3 is 2.41 bits per heavy atom. The molecule has 2 aromatic carbocycles. The van der Waals surface area contributed by atoms with Crippen molar-refractivity contribution in [2.24, 2.45) is 0 Å². The molecule has 0 atom stereocenters. The summed E-state index contributed by atoms with van der Waals surface area (Å²) in [4.78, 5) is 29.4. The molecule has 3 aromatic rings. The number of rotatable bonds is 6. The summed E-state index contributed by atoms with van der Waals surface area (Å²) in [7, 11) is 0. The molecular weight excluding hydrogens is 446 g/mol. The Morgan fingerprint density at radius 1 is 0.912 bits per heavy atom. The van der Waals surface area contributed by atoms with Crippen LogP contribution in [0.4, 0.5) is 11.5 Å². The predicted molar refractivity (Wildman–Crippen MR) is 137 cm³/mol. The third-order valence-corrected chi connectivity index (χ3v) is 7.08. The van der Waals surface area contributed by atoms with Gasteiger partial charge in [0, 0.05) is 66.8 Å². The number of anilines is 2. The molecule has 176 valence electrons. The number of carbonyl (C=O) groups excluding carboxylic acids is 1.